The number of piperidine rings is 1. The molecule has 0 bridgehead atoms. The Kier molecular flexibility index (Phi) is 4.99. The van der Waals surface area contributed by atoms with E-state index in [0.29, 0.717) is 13.2 Å². The van der Waals surface area contributed by atoms with Gasteiger partial charge >= 0.3 is 0 Å². The summed E-state index contributed by atoms with van der Waals surface area (Å²) in [6, 6.07) is 8.48. The van der Waals surface area contributed by atoms with Gasteiger partial charge in [0.25, 0.3) is 0 Å². The number of hydrogen-bond donors (Lipinski definition) is 1. The predicted molar refractivity (Wildman–Crippen MR) is 96.8 cm³/mol. The molecular weight excluding hydrogens is 335 g/mol. The van der Waals surface area contributed by atoms with Crippen LogP contribution in [0.1, 0.15) is 24.5 Å². The number of anilines is 2. The topological polar surface area (TPSA) is 61.7 Å². The molecular formula is C19H23FN4O2. The number of aromatic nitrogens is 2. The van der Waals surface area contributed by atoms with Crippen molar-refractivity contribution < 1.29 is 14.2 Å². The van der Waals surface area contributed by atoms with Gasteiger partial charge in [0.1, 0.15) is 29.9 Å². The van der Waals surface area contributed by atoms with Crippen molar-refractivity contribution in [1.82, 2.24) is 9.97 Å². The summed E-state index contributed by atoms with van der Waals surface area (Å²) in [5, 5.41) is 9.68. The zero-order chi connectivity index (χ0) is 17.9. The lowest BCUT2D eigenvalue weighted by atomic mass is 10.1. The average Bonchev–Trinajstić information content (AvgIpc) is 2.69. The molecule has 0 amide bonds. The van der Waals surface area contributed by atoms with Crippen LogP contribution in [0, 0.1) is 5.82 Å². The van der Waals surface area contributed by atoms with Crippen LogP contribution in [-0.4, -0.2) is 54.0 Å². The largest absolute Gasteiger partial charge is 0.393 e. The van der Waals surface area contributed by atoms with E-state index in [0.717, 1.165) is 49.7 Å². The number of aliphatic hydroxyl groups excluding tert-OH is 1. The zero-order valence-corrected chi connectivity index (χ0v) is 14.6. The predicted octanol–water partition coefficient (Wildman–Crippen LogP) is 2.15. The first-order valence-electron chi connectivity index (χ1n) is 9.06. The summed E-state index contributed by atoms with van der Waals surface area (Å²) >= 11 is 0. The van der Waals surface area contributed by atoms with Crippen LogP contribution in [0.15, 0.2) is 36.7 Å². The molecule has 1 aromatic heterocycles. The number of aliphatic hydroxyl groups is 1. The molecule has 2 aliphatic rings. The monoisotopic (exact) mass is 358 g/mol. The molecule has 0 radical (unpaired) electrons. The maximum atomic E-state index is 13.2. The second-order valence-corrected chi connectivity index (χ2v) is 6.81. The molecule has 26 heavy (non-hydrogen) atoms. The lowest BCUT2D eigenvalue weighted by molar-refractivity contribution is 0.0395. The number of rotatable bonds is 3. The first kappa shape index (κ1) is 17.2. The number of benzene rings is 1. The molecule has 0 unspecified atom stereocenters. The van der Waals surface area contributed by atoms with E-state index in [4.69, 9.17) is 4.74 Å². The van der Waals surface area contributed by atoms with Gasteiger partial charge in [0.05, 0.1) is 12.7 Å². The summed E-state index contributed by atoms with van der Waals surface area (Å²) in [5.41, 5.74) is 0.968. The number of ether oxygens (including phenoxy) is 1. The molecule has 1 aromatic carbocycles. The van der Waals surface area contributed by atoms with Crippen molar-refractivity contribution in [2.24, 2.45) is 0 Å². The maximum absolute atomic E-state index is 13.2. The molecule has 0 saturated carbocycles. The lowest BCUT2D eigenvalue weighted by Gasteiger charge is -2.35. The van der Waals surface area contributed by atoms with Crippen LogP contribution < -0.4 is 9.80 Å². The van der Waals surface area contributed by atoms with E-state index in [1.54, 1.807) is 18.5 Å². The van der Waals surface area contributed by atoms with E-state index in [1.165, 1.54) is 12.1 Å². The van der Waals surface area contributed by atoms with Gasteiger partial charge in [-0.05, 0) is 30.5 Å². The molecule has 2 aliphatic heterocycles. The van der Waals surface area contributed by atoms with Gasteiger partial charge in [0.15, 0.2) is 0 Å². The second kappa shape index (κ2) is 7.55. The number of halogens is 1. The molecule has 0 aliphatic carbocycles. The van der Waals surface area contributed by atoms with E-state index in [2.05, 4.69) is 19.8 Å². The van der Waals surface area contributed by atoms with Crippen LogP contribution in [0.4, 0.5) is 16.0 Å². The van der Waals surface area contributed by atoms with Gasteiger partial charge < -0.3 is 19.6 Å². The van der Waals surface area contributed by atoms with Gasteiger partial charge in [0, 0.05) is 32.2 Å². The Balaban J connectivity index is 1.48. The number of nitrogens with zero attached hydrogens (tertiary/aromatic N) is 4. The molecule has 1 atom stereocenters. The van der Waals surface area contributed by atoms with Crippen LogP contribution in [0.25, 0.3) is 0 Å². The van der Waals surface area contributed by atoms with Crippen LogP contribution in [0.3, 0.4) is 0 Å². The van der Waals surface area contributed by atoms with E-state index in [1.807, 2.05) is 6.07 Å². The van der Waals surface area contributed by atoms with Crippen molar-refractivity contribution in [3.05, 3.63) is 48.0 Å². The molecule has 2 fully saturated rings. The third-order valence-electron chi connectivity index (χ3n) is 5.06. The number of hydrogen-bond acceptors (Lipinski definition) is 6. The fourth-order valence-corrected chi connectivity index (χ4v) is 3.51. The van der Waals surface area contributed by atoms with E-state index in [9.17, 15) is 9.50 Å². The normalized spacial score (nSPS) is 21.8. The highest BCUT2D eigenvalue weighted by Gasteiger charge is 2.24. The van der Waals surface area contributed by atoms with Gasteiger partial charge in [-0.25, -0.2) is 14.4 Å². The second-order valence-electron chi connectivity index (χ2n) is 6.81. The minimum atomic E-state index is -0.242. The van der Waals surface area contributed by atoms with Gasteiger partial charge in [-0.2, -0.15) is 0 Å². The maximum Gasteiger partial charge on any atom is 0.134 e. The minimum Gasteiger partial charge on any atom is -0.393 e. The standard InChI is InChI=1S/C19H23FN4O2/c20-15-3-1-14(2-4-15)17-12-24(9-10-26-17)19-11-18(21-13-22-19)23-7-5-16(25)6-8-23/h1-4,11,13,16-17,25H,5-10,12H2/t17-/m1/s1. The Labute approximate surface area is 152 Å². The van der Waals surface area contributed by atoms with Gasteiger partial charge in [-0.3, -0.25) is 0 Å². The van der Waals surface area contributed by atoms with E-state index in [-0.39, 0.29) is 18.0 Å². The molecule has 3 heterocycles. The highest BCUT2D eigenvalue weighted by atomic mass is 19.1. The molecule has 6 nitrogen and oxygen atoms in total. The Morgan fingerprint density at radius 1 is 1.00 bits per heavy atom. The number of morpholine rings is 1. The summed E-state index contributed by atoms with van der Waals surface area (Å²) < 4.78 is 19.0. The van der Waals surface area contributed by atoms with Crippen molar-refractivity contribution in [2.45, 2.75) is 25.0 Å². The lowest BCUT2D eigenvalue weighted by Crippen LogP contribution is -2.39. The summed E-state index contributed by atoms with van der Waals surface area (Å²) in [6.45, 7) is 3.63. The molecule has 138 valence electrons. The molecule has 0 spiro atoms. The highest BCUT2D eigenvalue weighted by Crippen LogP contribution is 2.27. The van der Waals surface area contributed by atoms with Crippen LogP contribution in [-0.2, 0) is 4.74 Å². The van der Waals surface area contributed by atoms with Gasteiger partial charge in [-0.1, -0.05) is 12.1 Å². The smallest absolute Gasteiger partial charge is 0.134 e. The highest BCUT2D eigenvalue weighted by molar-refractivity contribution is 5.51. The van der Waals surface area contributed by atoms with Gasteiger partial charge in [-0.15, -0.1) is 0 Å². The zero-order valence-electron chi connectivity index (χ0n) is 14.6. The van der Waals surface area contributed by atoms with E-state index >= 15 is 0 Å². The molecule has 1 N–H and O–H groups in total. The van der Waals surface area contributed by atoms with Crippen molar-refractivity contribution in [3.63, 3.8) is 0 Å². The van der Waals surface area contributed by atoms with Crippen LogP contribution in [0.2, 0.25) is 0 Å². The fraction of sp³-hybridized carbons (Fsp3) is 0.474. The molecule has 4 rings (SSSR count). The SMILES string of the molecule is OC1CCN(c2cc(N3CCO[C@@H](c4ccc(F)cc4)C3)ncn2)CC1. The molecule has 2 aromatic rings. The van der Waals surface area contributed by atoms with Crippen LogP contribution >= 0.6 is 0 Å². The fourth-order valence-electron chi connectivity index (χ4n) is 3.51. The molecule has 2 saturated heterocycles. The molecule has 7 heteroatoms. The van der Waals surface area contributed by atoms with Crippen molar-refractivity contribution in [3.8, 4) is 0 Å². The van der Waals surface area contributed by atoms with Crippen molar-refractivity contribution in [2.75, 3.05) is 42.6 Å². The first-order valence-corrected chi connectivity index (χ1v) is 9.06. The van der Waals surface area contributed by atoms with E-state index < -0.39 is 0 Å². The summed E-state index contributed by atoms with van der Waals surface area (Å²) in [6.07, 6.45) is 2.82. The van der Waals surface area contributed by atoms with Crippen LogP contribution in [0.5, 0.6) is 0 Å². The van der Waals surface area contributed by atoms with Crippen molar-refractivity contribution in [1.29, 1.82) is 0 Å². The third-order valence-corrected chi connectivity index (χ3v) is 5.06. The summed E-state index contributed by atoms with van der Waals surface area (Å²) in [5.74, 6) is 1.52. The first-order chi connectivity index (χ1) is 12.7. The quantitative estimate of drug-likeness (QED) is 0.907. The van der Waals surface area contributed by atoms with Crippen molar-refractivity contribution >= 4 is 11.6 Å². The Morgan fingerprint density at radius 3 is 2.42 bits per heavy atom. The Hall–Kier alpha value is -2.25. The third kappa shape index (κ3) is 3.78. The summed E-state index contributed by atoms with van der Waals surface area (Å²) in [7, 11) is 0. The Bertz CT molecular complexity index is 735. The average molecular weight is 358 g/mol. The Morgan fingerprint density at radius 2 is 1.69 bits per heavy atom. The minimum absolute atomic E-state index is 0.104. The summed E-state index contributed by atoms with van der Waals surface area (Å²) in [4.78, 5) is 13.2. The van der Waals surface area contributed by atoms with Gasteiger partial charge in [0.2, 0.25) is 0 Å².